The molecule has 6 nitrogen and oxygen atoms in total. The summed E-state index contributed by atoms with van der Waals surface area (Å²) < 4.78 is 0. The van der Waals surface area contributed by atoms with Crippen molar-refractivity contribution < 1.29 is 0 Å². The number of anilines is 3. The molecule has 0 radical (unpaired) electrons. The average molecular weight is 497 g/mol. The Kier molecular flexibility index (Phi) is 6.79. The number of nitrogens with zero attached hydrogens (tertiary/aromatic N) is 6. The number of hydrogen-bond acceptors (Lipinski definition) is 6. The maximum atomic E-state index is 6.43. The van der Waals surface area contributed by atoms with Crippen molar-refractivity contribution in [3.8, 4) is 11.3 Å². The van der Waals surface area contributed by atoms with Crippen LogP contribution in [-0.2, 0) is 0 Å². The average Bonchev–Trinajstić information content (AvgIpc) is 3.12. The van der Waals surface area contributed by atoms with Gasteiger partial charge in [-0.25, -0.2) is 9.97 Å². The summed E-state index contributed by atoms with van der Waals surface area (Å²) in [6, 6.07) is 12.5. The Balaban J connectivity index is 1.47. The van der Waals surface area contributed by atoms with Gasteiger partial charge in [0.05, 0.1) is 10.7 Å². The molecule has 2 fully saturated rings. The highest BCUT2D eigenvalue weighted by Gasteiger charge is 2.26. The monoisotopic (exact) mass is 496 g/mol. The van der Waals surface area contributed by atoms with Gasteiger partial charge < -0.3 is 14.7 Å². The predicted molar refractivity (Wildman–Crippen MR) is 142 cm³/mol. The van der Waals surface area contributed by atoms with Gasteiger partial charge in [0.15, 0.2) is 0 Å². The van der Waals surface area contributed by atoms with Crippen LogP contribution < -0.4 is 14.7 Å². The van der Waals surface area contributed by atoms with Crippen LogP contribution in [0.2, 0.25) is 10.0 Å². The molecule has 2 aromatic heterocycles. The molecular weight excluding hydrogens is 467 g/mol. The number of rotatable bonds is 4. The van der Waals surface area contributed by atoms with Crippen LogP contribution in [0.4, 0.5) is 17.6 Å². The van der Waals surface area contributed by atoms with E-state index in [0.29, 0.717) is 11.1 Å². The van der Waals surface area contributed by atoms with Crippen molar-refractivity contribution >= 4 is 40.8 Å². The summed E-state index contributed by atoms with van der Waals surface area (Å²) in [6.07, 6.45) is 5.15. The fraction of sp³-hybridized carbons (Fsp3) is 0.423. The second-order valence-electron chi connectivity index (χ2n) is 9.20. The molecule has 1 atom stereocenters. The van der Waals surface area contributed by atoms with E-state index in [4.69, 9.17) is 33.2 Å². The fourth-order valence-electron chi connectivity index (χ4n) is 4.86. The van der Waals surface area contributed by atoms with Gasteiger partial charge in [-0.1, -0.05) is 29.3 Å². The van der Waals surface area contributed by atoms with Crippen molar-refractivity contribution in [3.05, 3.63) is 58.2 Å². The normalized spacial score (nSPS) is 18.9. The summed E-state index contributed by atoms with van der Waals surface area (Å²) in [4.78, 5) is 21.6. The molecule has 0 N–H and O–H groups in total. The third kappa shape index (κ3) is 4.80. The molecule has 0 bridgehead atoms. The number of hydrogen-bond donors (Lipinski definition) is 0. The summed E-state index contributed by atoms with van der Waals surface area (Å²) in [6.45, 7) is 8.81. The van der Waals surface area contributed by atoms with E-state index in [1.807, 2.05) is 31.2 Å². The van der Waals surface area contributed by atoms with Gasteiger partial charge in [0.1, 0.15) is 11.6 Å². The van der Waals surface area contributed by atoms with Crippen LogP contribution in [-0.4, -0.2) is 53.7 Å². The van der Waals surface area contributed by atoms with Crippen molar-refractivity contribution in [2.45, 2.75) is 39.2 Å². The minimum Gasteiger partial charge on any atom is -0.355 e. The van der Waals surface area contributed by atoms with Crippen molar-refractivity contribution in [1.82, 2.24) is 15.0 Å². The Morgan fingerprint density at radius 1 is 0.882 bits per heavy atom. The van der Waals surface area contributed by atoms with Gasteiger partial charge in [-0.05, 0) is 62.9 Å². The van der Waals surface area contributed by atoms with Gasteiger partial charge >= 0.3 is 0 Å². The Hall–Kier alpha value is -2.57. The smallest absolute Gasteiger partial charge is 0.228 e. The molecule has 3 aromatic rings. The summed E-state index contributed by atoms with van der Waals surface area (Å²) >= 11 is 12.7. The van der Waals surface area contributed by atoms with E-state index in [2.05, 4.69) is 38.7 Å². The molecule has 34 heavy (non-hydrogen) atoms. The van der Waals surface area contributed by atoms with E-state index in [-0.39, 0.29) is 0 Å². The van der Waals surface area contributed by atoms with Crippen molar-refractivity contribution in [1.29, 1.82) is 0 Å². The third-order valence-corrected chi connectivity index (χ3v) is 7.54. The highest BCUT2D eigenvalue weighted by molar-refractivity contribution is 6.33. The van der Waals surface area contributed by atoms with Crippen LogP contribution in [0.25, 0.3) is 11.3 Å². The van der Waals surface area contributed by atoms with Crippen LogP contribution in [0.5, 0.6) is 0 Å². The van der Waals surface area contributed by atoms with Crippen LogP contribution in [0.15, 0.2) is 42.6 Å². The number of benzene rings is 1. The summed E-state index contributed by atoms with van der Waals surface area (Å²) in [5.74, 6) is 2.65. The molecule has 2 aliphatic rings. The van der Waals surface area contributed by atoms with E-state index in [9.17, 15) is 0 Å². The molecule has 0 aliphatic carbocycles. The lowest BCUT2D eigenvalue weighted by Crippen LogP contribution is -2.33. The fourth-order valence-corrected chi connectivity index (χ4v) is 5.22. The molecular formula is C26H30Cl2N6. The molecule has 0 saturated carbocycles. The van der Waals surface area contributed by atoms with Gasteiger partial charge in [0.2, 0.25) is 5.95 Å². The lowest BCUT2D eigenvalue weighted by molar-refractivity contribution is 0.713. The summed E-state index contributed by atoms with van der Waals surface area (Å²) in [5, 5.41) is 1.47. The standard InChI is InChI=1S/C26H30Cl2N6/c1-18-16-20(8-9-21(18)27)23-17-24(31-26(30-23)34-13-4-6-19(34)2)32-11-5-12-33(15-14-32)25-22(28)7-3-10-29-25/h3,7-10,16-17,19H,4-6,11-15H2,1-2H3. The van der Waals surface area contributed by atoms with Gasteiger partial charge in [-0.3, -0.25) is 0 Å². The topological polar surface area (TPSA) is 48.4 Å². The van der Waals surface area contributed by atoms with E-state index in [0.717, 1.165) is 78.6 Å². The van der Waals surface area contributed by atoms with E-state index in [1.54, 1.807) is 6.20 Å². The van der Waals surface area contributed by atoms with Gasteiger partial charge in [0, 0.05) is 61.6 Å². The maximum absolute atomic E-state index is 6.43. The van der Waals surface area contributed by atoms with Crippen LogP contribution >= 0.6 is 23.2 Å². The minimum absolute atomic E-state index is 0.445. The molecule has 2 aliphatic heterocycles. The van der Waals surface area contributed by atoms with Crippen molar-refractivity contribution in [2.75, 3.05) is 47.4 Å². The van der Waals surface area contributed by atoms with E-state index >= 15 is 0 Å². The molecule has 4 heterocycles. The molecule has 1 aromatic carbocycles. The van der Waals surface area contributed by atoms with Gasteiger partial charge in [-0.2, -0.15) is 4.98 Å². The lowest BCUT2D eigenvalue weighted by atomic mass is 10.1. The molecule has 2 saturated heterocycles. The number of aromatic nitrogens is 3. The van der Waals surface area contributed by atoms with Crippen molar-refractivity contribution in [2.24, 2.45) is 0 Å². The first-order chi connectivity index (χ1) is 16.5. The quantitative estimate of drug-likeness (QED) is 0.450. The molecule has 178 valence electrons. The van der Waals surface area contributed by atoms with Gasteiger partial charge in [0.25, 0.3) is 0 Å². The second-order valence-corrected chi connectivity index (χ2v) is 10.0. The van der Waals surface area contributed by atoms with Crippen LogP contribution in [0.3, 0.4) is 0 Å². The number of aryl methyl sites for hydroxylation is 1. The van der Waals surface area contributed by atoms with Crippen LogP contribution in [0.1, 0.15) is 31.7 Å². The molecule has 0 spiro atoms. The van der Waals surface area contributed by atoms with Crippen molar-refractivity contribution in [3.63, 3.8) is 0 Å². The SMILES string of the molecule is Cc1cc(-c2cc(N3CCCN(c4ncccc4Cl)CC3)nc(N3CCCC3C)n2)ccc1Cl. The summed E-state index contributed by atoms with van der Waals surface area (Å²) in [5.41, 5.74) is 3.05. The minimum atomic E-state index is 0.445. The second kappa shape index (κ2) is 9.96. The highest BCUT2D eigenvalue weighted by Crippen LogP contribution is 2.31. The first-order valence-corrected chi connectivity index (χ1v) is 12.8. The number of halogens is 2. The molecule has 8 heteroatoms. The highest BCUT2D eigenvalue weighted by atomic mass is 35.5. The van der Waals surface area contributed by atoms with E-state index < -0.39 is 0 Å². The Bertz CT molecular complexity index is 1170. The number of pyridine rings is 1. The Morgan fingerprint density at radius 3 is 2.47 bits per heavy atom. The lowest BCUT2D eigenvalue weighted by Gasteiger charge is -2.27. The Labute approximate surface area is 211 Å². The largest absolute Gasteiger partial charge is 0.355 e. The zero-order valence-electron chi connectivity index (χ0n) is 19.7. The zero-order chi connectivity index (χ0) is 23.7. The third-order valence-electron chi connectivity index (χ3n) is 6.82. The maximum Gasteiger partial charge on any atom is 0.228 e. The Morgan fingerprint density at radius 2 is 1.71 bits per heavy atom. The van der Waals surface area contributed by atoms with E-state index in [1.165, 1.54) is 12.8 Å². The molecule has 5 rings (SSSR count). The zero-order valence-corrected chi connectivity index (χ0v) is 21.2. The summed E-state index contributed by atoms with van der Waals surface area (Å²) in [7, 11) is 0. The van der Waals surface area contributed by atoms with Gasteiger partial charge in [-0.15, -0.1) is 0 Å². The first-order valence-electron chi connectivity index (χ1n) is 12.0. The predicted octanol–water partition coefficient (Wildman–Crippen LogP) is 5.86. The molecule has 0 amide bonds. The first kappa shape index (κ1) is 23.2. The molecule has 1 unspecified atom stereocenters. The van der Waals surface area contributed by atoms with Crippen LogP contribution in [0, 0.1) is 6.92 Å².